The van der Waals surface area contributed by atoms with Gasteiger partial charge in [-0.3, -0.25) is 0 Å². The van der Waals surface area contributed by atoms with Crippen molar-refractivity contribution in [3.8, 4) is 0 Å². The van der Waals surface area contributed by atoms with Crippen LogP contribution >= 0.6 is 11.6 Å². The molecular formula is C13H22ClN3. The quantitative estimate of drug-likeness (QED) is 0.758. The summed E-state index contributed by atoms with van der Waals surface area (Å²) in [4.78, 5) is 8.41. The molecule has 1 aromatic rings. The predicted molar refractivity (Wildman–Crippen MR) is 73.6 cm³/mol. The fraction of sp³-hybridized carbons (Fsp3) is 0.692. The smallest absolute Gasteiger partial charge is 0.129 e. The van der Waals surface area contributed by atoms with Crippen LogP contribution in [-0.4, -0.2) is 22.4 Å². The minimum Gasteiger partial charge on any atom is -0.369 e. The molecule has 1 aromatic heterocycles. The molecular weight excluding hydrogens is 234 g/mol. The van der Waals surface area contributed by atoms with E-state index >= 15 is 0 Å². The van der Waals surface area contributed by atoms with Crippen LogP contribution in [0.1, 0.15) is 39.3 Å². The van der Waals surface area contributed by atoms with Crippen LogP contribution in [0, 0.1) is 5.41 Å². The van der Waals surface area contributed by atoms with Crippen LogP contribution < -0.4 is 5.32 Å². The number of nitrogens with zero attached hydrogens (tertiary/aromatic N) is 2. The highest BCUT2D eigenvalue weighted by Gasteiger charge is 2.17. The molecule has 0 spiro atoms. The number of nitrogens with one attached hydrogen (secondary N) is 1. The topological polar surface area (TPSA) is 37.8 Å². The summed E-state index contributed by atoms with van der Waals surface area (Å²) in [5.41, 5.74) is 1.31. The van der Waals surface area contributed by atoms with Gasteiger partial charge in [0.1, 0.15) is 12.1 Å². The molecule has 0 unspecified atom stereocenters. The molecule has 96 valence electrons. The first-order valence-electron chi connectivity index (χ1n) is 6.18. The summed E-state index contributed by atoms with van der Waals surface area (Å²) in [6.07, 6.45) is 4.73. The van der Waals surface area contributed by atoms with E-state index < -0.39 is 0 Å². The van der Waals surface area contributed by atoms with Gasteiger partial charge in [0.2, 0.25) is 0 Å². The highest BCUT2D eigenvalue weighted by molar-refractivity contribution is 6.17. The zero-order valence-electron chi connectivity index (χ0n) is 11.0. The average Bonchev–Trinajstić information content (AvgIpc) is 2.34. The van der Waals surface area contributed by atoms with Gasteiger partial charge in [-0.2, -0.15) is 0 Å². The third-order valence-corrected chi connectivity index (χ3v) is 3.09. The Morgan fingerprint density at radius 2 is 2.12 bits per heavy atom. The molecule has 1 heterocycles. The largest absolute Gasteiger partial charge is 0.369 e. The summed E-state index contributed by atoms with van der Waals surface area (Å²) in [6, 6.07) is 2.01. The van der Waals surface area contributed by atoms with Crippen molar-refractivity contribution in [2.24, 2.45) is 5.41 Å². The number of hydrogen-bond donors (Lipinski definition) is 1. The lowest BCUT2D eigenvalue weighted by atomic mass is 9.88. The molecule has 0 aliphatic heterocycles. The first-order chi connectivity index (χ1) is 8.07. The first kappa shape index (κ1) is 14.2. The van der Waals surface area contributed by atoms with Gasteiger partial charge in [0, 0.05) is 24.2 Å². The zero-order valence-corrected chi connectivity index (χ0v) is 11.7. The van der Waals surface area contributed by atoms with E-state index in [-0.39, 0.29) is 5.41 Å². The molecule has 0 saturated heterocycles. The Balaban J connectivity index is 2.48. The fourth-order valence-electron chi connectivity index (χ4n) is 1.65. The molecule has 0 atom stereocenters. The van der Waals surface area contributed by atoms with Gasteiger partial charge >= 0.3 is 0 Å². The van der Waals surface area contributed by atoms with Crippen molar-refractivity contribution >= 4 is 17.4 Å². The summed E-state index contributed by atoms with van der Waals surface area (Å²) >= 11 is 5.72. The van der Waals surface area contributed by atoms with Crippen LogP contribution in [0.2, 0.25) is 0 Å². The van der Waals surface area contributed by atoms with Gasteiger partial charge in [0.25, 0.3) is 0 Å². The van der Waals surface area contributed by atoms with Crippen molar-refractivity contribution in [3.63, 3.8) is 0 Å². The van der Waals surface area contributed by atoms with Crippen molar-refractivity contribution in [3.05, 3.63) is 18.1 Å². The van der Waals surface area contributed by atoms with Crippen LogP contribution in [0.5, 0.6) is 0 Å². The van der Waals surface area contributed by atoms with E-state index in [1.54, 1.807) is 6.33 Å². The van der Waals surface area contributed by atoms with E-state index in [9.17, 15) is 0 Å². The molecule has 3 nitrogen and oxygen atoms in total. The van der Waals surface area contributed by atoms with Gasteiger partial charge in [-0.25, -0.2) is 9.97 Å². The molecule has 1 N–H and O–H groups in total. The second-order valence-corrected chi connectivity index (χ2v) is 5.44. The third-order valence-electron chi connectivity index (χ3n) is 2.82. The molecule has 0 aromatic carbocycles. The van der Waals surface area contributed by atoms with Crippen LogP contribution in [0.25, 0.3) is 0 Å². The second kappa shape index (κ2) is 6.80. The van der Waals surface area contributed by atoms with E-state index in [0.717, 1.165) is 43.2 Å². The fourth-order valence-corrected chi connectivity index (χ4v) is 1.78. The van der Waals surface area contributed by atoms with Gasteiger partial charge in [-0.1, -0.05) is 20.8 Å². The van der Waals surface area contributed by atoms with E-state index in [4.69, 9.17) is 11.6 Å². The number of hydrogen-bond acceptors (Lipinski definition) is 3. The molecule has 0 aliphatic carbocycles. The van der Waals surface area contributed by atoms with E-state index in [1.165, 1.54) is 0 Å². The maximum atomic E-state index is 5.72. The van der Waals surface area contributed by atoms with Crippen LogP contribution in [0.15, 0.2) is 12.4 Å². The lowest BCUT2D eigenvalue weighted by Crippen LogP contribution is -2.23. The van der Waals surface area contributed by atoms with Crippen molar-refractivity contribution in [2.45, 2.75) is 40.0 Å². The number of alkyl halides is 1. The molecule has 0 amide bonds. The summed E-state index contributed by atoms with van der Waals surface area (Å²) < 4.78 is 0. The normalized spacial score (nSPS) is 11.5. The Morgan fingerprint density at radius 1 is 1.35 bits per heavy atom. The molecule has 0 radical (unpaired) electrons. The second-order valence-electron chi connectivity index (χ2n) is 5.06. The maximum absolute atomic E-state index is 5.72. The number of aryl methyl sites for hydroxylation is 1. The Kier molecular flexibility index (Phi) is 5.69. The highest BCUT2D eigenvalue weighted by atomic mass is 35.5. The van der Waals surface area contributed by atoms with Crippen LogP contribution in [0.3, 0.4) is 0 Å². The number of halogens is 1. The lowest BCUT2D eigenvalue weighted by molar-refractivity contribution is 0.355. The Hall–Kier alpha value is -0.830. The van der Waals surface area contributed by atoms with Crippen LogP contribution in [-0.2, 0) is 6.42 Å². The molecule has 0 aliphatic rings. The first-order valence-corrected chi connectivity index (χ1v) is 6.71. The number of aromatic nitrogens is 2. The third kappa shape index (κ3) is 5.35. The lowest BCUT2D eigenvalue weighted by Gasteiger charge is -2.24. The van der Waals surface area contributed by atoms with E-state index in [1.807, 2.05) is 6.07 Å². The minimum atomic E-state index is 0.242. The van der Waals surface area contributed by atoms with Gasteiger partial charge < -0.3 is 5.32 Å². The molecule has 17 heavy (non-hydrogen) atoms. The highest BCUT2D eigenvalue weighted by Crippen LogP contribution is 2.23. The molecule has 1 rings (SSSR count). The number of anilines is 1. The maximum Gasteiger partial charge on any atom is 0.129 e. The zero-order chi connectivity index (χ0) is 12.7. The Bertz CT molecular complexity index is 339. The summed E-state index contributed by atoms with van der Waals surface area (Å²) in [6.45, 7) is 7.49. The van der Waals surface area contributed by atoms with E-state index in [2.05, 4.69) is 36.1 Å². The molecule has 0 saturated carbocycles. The standard InChI is InChI=1S/C13H22ClN3/c1-4-11-8-12(17-10-16-11)15-9-13(2,3)6-5-7-14/h8,10H,4-7,9H2,1-3H3,(H,15,16,17). The summed E-state index contributed by atoms with van der Waals surface area (Å²) in [5.74, 6) is 1.65. The van der Waals surface area contributed by atoms with Crippen molar-refractivity contribution in [1.82, 2.24) is 9.97 Å². The number of rotatable bonds is 7. The molecule has 0 fully saturated rings. The summed E-state index contributed by atoms with van der Waals surface area (Å²) in [7, 11) is 0. The monoisotopic (exact) mass is 255 g/mol. The SMILES string of the molecule is CCc1cc(NCC(C)(C)CCCCl)ncn1. The average molecular weight is 256 g/mol. The van der Waals surface area contributed by atoms with Gasteiger partial charge in [0.05, 0.1) is 0 Å². The molecule has 0 bridgehead atoms. The van der Waals surface area contributed by atoms with Crippen molar-refractivity contribution < 1.29 is 0 Å². The van der Waals surface area contributed by atoms with Crippen LogP contribution in [0.4, 0.5) is 5.82 Å². The Morgan fingerprint density at radius 3 is 2.76 bits per heavy atom. The predicted octanol–water partition coefficient (Wildman–Crippen LogP) is 3.50. The molecule has 4 heteroatoms. The van der Waals surface area contributed by atoms with Gasteiger partial charge in [0.15, 0.2) is 0 Å². The Labute approximate surface area is 109 Å². The minimum absolute atomic E-state index is 0.242. The van der Waals surface area contributed by atoms with Crippen molar-refractivity contribution in [1.29, 1.82) is 0 Å². The van der Waals surface area contributed by atoms with Gasteiger partial charge in [-0.05, 0) is 24.7 Å². The van der Waals surface area contributed by atoms with Gasteiger partial charge in [-0.15, -0.1) is 11.6 Å². The van der Waals surface area contributed by atoms with E-state index in [0.29, 0.717) is 0 Å². The summed E-state index contributed by atoms with van der Waals surface area (Å²) in [5, 5.41) is 3.37. The van der Waals surface area contributed by atoms with Crippen molar-refractivity contribution in [2.75, 3.05) is 17.7 Å².